The smallest absolute Gasteiger partial charge is 0.311 e. The number of carbonyl (C=O) groups is 1. The standard InChI is InChI=1S/C21H20Cl2N2O4/c1-3-28-18-7-5-6-14-17(11-19(26)29-4-2)24-25(21(27)20(14)18)12-13-8-9-15(22)16(23)10-13/h5-10H,3-4,11-12H2,1-2H3. The van der Waals surface area contributed by atoms with Crippen molar-refractivity contribution >= 4 is 39.9 Å². The second-order valence-electron chi connectivity index (χ2n) is 6.25. The number of ether oxygens (including phenoxy) is 2. The van der Waals surface area contributed by atoms with Crippen LogP contribution in [0.4, 0.5) is 0 Å². The maximum absolute atomic E-state index is 13.2. The first-order valence-corrected chi connectivity index (χ1v) is 9.95. The average molecular weight is 435 g/mol. The molecule has 0 amide bonds. The molecular formula is C21H20Cl2N2O4. The third-order valence-electron chi connectivity index (χ3n) is 4.26. The predicted molar refractivity (Wildman–Crippen MR) is 113 cm³/mol. The molecule has 29 heavy (non-hydrogen) atoms. The Balaban J connectivity index is 2.16. The molecule has 0 saturated carbocycles. The van der Waals surface area contributed by atoms with Gasteiger partial charge in [0.1, 0.15) is 5.75 Å². The number of esters is 1. The lowest BCUT2D eigenvalue weighted by molar-refractivity contribution is -0.142. The molecule has 0 atom stereocenters. The first-order valence-electron chi connectivity index (χ1n) is 9.19. The number of halogens is 2. The van der Waals surface area contributed by atoms with Gasteiger partial charge in [-0.3, -0.25) is 9.59 Å². The van der Waals surface area contributed by atoms with Crippen molar-refractivity contribution in [2.75, 3.05) is 13.2 Å². The lowest BCUT2D eigenvalue weighted by atomic mass is 10.1. The number of benzene rings is 2. The van der Waals surface area contributed by atoms with Crippen LogP contribution in [0.5, 0.6) is 5.75 Å². The van der Waals surface area contributed by atoms with Gasteiger partial charge in [-0.2, -0.15) is 5.10 Å². The molecule has 0 spiro atoms. The molecule has 2 aromatic carbocycles. The average Bonchev–Trinajstić information content (AvgIpc) is 2.68. The van der Waals surface area contributed by atoms with Crippen LogP contribution in [-0.4, -0.2) is 29.0 Å². The molecule has 0 unspecified atom stereocenters. The second kappa shape index (κ2) is 9.29. The number of nitrogens with zero attached hydrogens (tertiary/aromatic N) is 2. The number of hydrogen-bond acceptors (Lipinski definition) is 5. The molecule has 0 bridgehead atoms. The van der Waals surface area contributed by atoms with Crippen molar-refractivity contribution < 1.29 is 14.3 Å². The van der Waals surface area contributed by atoms with Crippen molar-refractivity contribution in [2.45, 2.75) is 26.8 Å². The lowest BCUT2D eigenvalue weighted by Gasteiger charge is -2.14. The largest absolute Gasteiger partial charge is 0.493 e. The molecule has 0 saturated heterocycles. The van der Waals surface area contributed by atoms with E-state index < -0.39 is 5.97 Å². The minimum absolute atomic E-state index is 0.0540. The van der Waals surface area contributed by atoms with E-state index >= 15 is 0 Å². The monoisotopic (exact) mass is 434 g/mol. The molecular weight excluding hydrogens is 415 g/mol. The van der Waals surface area contributed by atoms with Crippen LogP contribution in [0.25, 0.3) is 10.8 Å². The zero-order valence-electron chi connectivity index (χ0n) is 16.1. The van der Waals surface area contributed by atoms with Gasteiger partial charge in [-0.15, -0.1) is 0 Å². The van der Waals surface area contributed by atoms with E-state index in [1.807, 2.05) is 6.92 Å². The van der Waals surface area contributed by atoms with Crippen molar-refractivity contribution in [3.05, 3.63) is 68.1 Å². The van der Waals surface area contributed by atoms with Gasteiger partial charge in [0, 0.05) is 5.39 Å². The van der Waals surface area contributed by atoms with E-state index in [2.05, 4.69) is 5.10 Å². The van der Waals surface area contributed by atoms with Gasteiger partial charge >= 0.3 is 5.97 Å². The summed E-state index contributed by atoms with van der Waals surface area (Å²) in [5.41, 5.74) is 0.881. The van der Waals surface area contributed by atoms with Gasteiger partial charge in [0.2, 0.25) is 0 Å². The van der Waals surface area contributed by atoms with Crippen LogP contribution >= 0.6 is 23.2 Å². The SMILES string of the molecule is CCOC(=O)Cc1nn(Cc2ccc(Cl)c(Cl)c2)c(=O)c2c(OCC)cccc12. The molecule has 0 fully saturated rings. The minimum Gasteiger partial charge on any atom is -0.493 e. The van der Waals surface area contributed by atoms with E-state index in [1.165, 1.54) is 4.68 Å². The second-order valence-corrected chi connectivity index (χ2v) is 7.07. The van der Waals surface area contributed by atoms with Gasteiger partial charge in [-0.1, -0.05) is 41.4 Å². The van der Waals surface area contributed by atoms with Crippen molar-refractivity contribution in [3.8, 4) is 5.75 Å². The lowest BCUT2D eigenvalue weighted by Crippen LogP contribution is -2.26. The van der Waals surface area contributed by atoms with E-state index in [-0.39, 0.29) is 25.1 Å². The van der Waals surface area contributed by atoms with Crippen LogP contribution in [-0.2, 0) is 22.5 Å². The molecule has 8 heteroatoms. The molecule has 0 aliphatic heterocycles. The van der Waals surface area contributed by atoms with E-state index in [1.54, 1.807) is 43.3 Å². The topological polar surface area (TPSA) is 70.4 Å². The van der Waals surface area contributed by atoms with Crippen molar-refractivity contribution in [3.63, 3.8) is 0 Å². The Morgan fingerprint density at radius 3 is 2.59 bits per heavy atom. The fourth-order valence-corrected chi connectivity index (χ4v) is 3.36. The van der Waals surface area contributed by atoms with Gasteiger partial charge in [-0.05, 0) is 37.6 Å². The summed E-state index contributed by atoms with van der Waals surface area (Å²) < 4.78 is 12.0. The molecule has 0 aliphatic carbocycles. The van der Waals surface area contributed by atoms with Crippen LogP contribution in [0.1, 0.15) is 25.1 Å². The van der Waals surface area contributed by atoms with Crippen molar-refractivity contribution in [1.82, 2.24) is 9.78 Å². The van der Waals surface area contributed by atoms with E-state index in [0.29, 0.717) is 38.9 Å². The summed E-state index contributed by atoms with van der Waals surface area (Å²) >= 11 is 12.1. The summed E-state index contributed by atoms with van der Waals surface area (Å²) in [6.45, 7) is 4.42. The van der Waals surface area contributed by atoms with Crippen LogP contribution in [0.2, 0.25) is 10.0 Å². The first-order chi connectivity index (χ1) is 13.9. The van der Waals surface area contributed by atoms with Crippen molar-refractivity contribution in [1.29, 1.82) is 0 Å². The normalized spacial score (nSPS) is 10.9. The Kier molecular flexibility index (Phi) is 6.77. The minimum atomic E-state index is -0.414. The summed E-state index contributed by atoms with van der Waals surface area (Å²) in [6.07, 6.45) is -0.0540. The van der Waals surface area contributed by atoms with E-state index in [0.717, 1.165) is 5.56 Å². The molecule has 6 nitrogen and oxygen atoms in total. The van der Waals surface area contributed by atoms with Gasteiger partial charge in [-0.25, -0.2) is 4.68 Å². The molecule has 3 aromatic rings. The van der Waals surface area contributed by atoms with Gasteiger partial charge in [0.15, 0.2) is 0 Å². The first kappa shape index (κ1) is 21.1. The predicted octanol–water partition coefficient (Wildman–Crippen LogP) is 4.26. The highest BCUT2D eigenvalue weighted by atomic mass is 35.5. The Morgan fingerprint density at radius 1 is 1.10 bits per heavy atom. The molecule has 1 aromatic heterocycles. The van der Waals surface area contributed by atoms with Gasteiger partial charge in [0.05, 0.1) is 47.3 Å². The molecule has 0 N–H and O–H groups in total. The maximum atomic E-state index is 13.2. The van der Waals surface area contributed by atoms with E-state index in [9.17, 15) is 9.59 Å². The number of carbonyl (C=O) groups excluding carboxylic acids is 1. The fraction of sp³-hybridized carbons (Fsp3) is 0.286. The Bertz CT molecular complexity index is 1110. The zero-order chi connectivity index (χ0) is 21.0. The van der Waals surface area contributed by atoms with Crippen LogP contribution in [0.15, 0.2) is 41.2 Å². The highest BCUT2D eigenvalue weighted by molar-refractivity contribution is 6.42. The van der Waals surface area contributed by atoms with Gasteiger partial charge in [0.25, 0.3) is 5.56 Å². The Labute approximate surface area is 177 Å². The van der Waals surface area contributed by atoms with Crippen LogP contribution in [0.3, 0.4) is 0 Å². The van der Waals surface area contributed by atoms with E-state index in [4.69, 9.17) is 32.7 Å². The Hall–Kier alpha value is -2.57. The number of rotatable bonds is 7. The summed E-state index contributed by atoms with van der Waals surface area (Å²) in [4.78, 5) is 25.3. The number of aromatic nitrogens is 2. The fourth-order valence-electron chi connectivity index (χ4n) is 3.04. The molecule has 3 rings (SSSR count). The highest BCUT2D eigenvalue weighted by Crippen LogP contribution is 2.26. The quantitative estimate of drug-likeness (QED) is 0.519. The number of hydrogen-bond donors (Lipinski definition) is 0. The van der Waals surface area contributed by atoms with Crippen LogP contribution < -0.4 is 10.3 Å². The molecule has 1 heterocycles. The summed E-state index contributed by atoms with van der Waals surface area (Å²) in [5, 5.41) is 6.21. The summed E-state index contributed by atoms with van der Waals surface area (Å²) in [5.74, 6) is 0.0354. The summed E-state index contributed by atoms with van der Waals surface area (Å²) in [6, 6.07) is 10.4. The van der Waals surface area contributed by atoms with Crippen molar-refractivity contribution in [2.24, 2.45) is 0 Å². The number of fused-ring (bicyclic) bond motifs is 1. The molecule has 152 valence electrons. The summed E-state index contributed by atoms with van der Waals surface area (Å²) in [7, 11) is 0. The molecule has 0 aliphatic rings. The highest BCUT2D eigenvalue weighted by Gasteiger charge is 2.18. The van der Waals surface area contributed by atoms with Crippen LogP contribution in [0, 0.1) is 0 Å². The maximum Gasteiger partial charge on any atom is 0.311 e. The molecule has 0 radical (unpaired) electrons. The third kappa shape index (κ3) is 4.71. The Morgan fingerprint density at radius 2 is 1.90 bits per heavy atom. The zero-order valence-corrected chi connectivity index (χ0v) is 17.6. The third-order valence-corrected chi connectivity index (χ3v) is 5.00. The van der Waals surface area contributed by atoms with Gasteiger partial charge < -0.3 is 9.47 Å².